The number of sulfonamides is 1. The van der Waals surface area contributed by atoms with E-state index in [1.807, 2.05) is 36.9 Å². The minimum atomic E-state index is -3.38. The van der Waals surface area contributed by atoms with Crippen LogP contribution in [0, 0.1) is 5.41 Å². The Morgan fingerprint density at radius 3 is 2.46 bits per heavy atom. The fraction of sp³-hybridized carbons (Fsp3) is 0.704. The highest BCUT2D eigenvalue weighted by Crippen LogP contribution is 2.40. The number of hydrogen-bond acceptors (Lipinski definition) is 6. The van der Waals surface area contributed by atoms with Gasteiger partial charge in [-0.1, -0.05) is 24.6 Å². The van der Waals surface area contributed by atoms with Crippen molar-refractivity contribution < 1.29 is 27.5 Å². The van der Waals surface area contributed by atoms with Gasteiger partial charge in [0.25, 0.3) is 5.91 Å². The number of rotatable bonds is 3. The zero-order valence-corrected chi connectivity index (χ0v) is 23.2. The molecule has 2 saturated heterocycles. The standard InChI is InChI=1S/C27H41N3O6S/c1-21(2)30-17-19-35-23-10-5-4-8-22(23)9-6-7-11-27(26(30)32)12-14-28(15-13-27)25(31)24-20-29(16-18-36-24)37(3,33)34/h4-5,8,10,21,24H,6-7,9,11-20H2,1-3H3. The van der Waals surface area contributed by atoms with Gasteiger partial charge in [-0.3, -0.25) is 9.59 Å². The van der Waals surface area contributed by atoms with E-state index >= 15 is 0 Å². The van der Waals surface area contributed by atoms with Gasteiger partial charge in [0, 0.05) is 32.2 Å². The number of nitrogens with zero attached hydrogens (tertiary/aromatic N) is 3. The summed E-state index contributed by atoms with van der Waals surface area (Å²) in [7, 11) is -3.38. The van der Waals surface area contributed by atoms with Gasteiger partial charge >= 0.3 is 0 Å². The van der Waals surface area contributed by atoms with Crippen molar-refractivity contribution in [3.63, 3.8) is 0 Å². The fourth-order valence-electron chi connectivity index (χ4n) is 5.79. The number of piperidine rings is 1. The van der Waals surface area contributed by atoms with Gasteiger partial charge in [0.15, 0.2) is 0 Å². The molecular formula is C27H41N3O6S. The first-order valence-electron chi connectivity index (χ1n) is 13.5. The molecule has 0 aromatic heterocycles. The minimum absolute atomic E-state index is 0.0425. The van der Waals surface area contributed by atoms with Crippen LogP contribution in [0.25, 0.3) is 0 Å². The number of carbonyl (C=O) groups excluding carboxylic acids is 2. The van der Waals surface area contributed by atoms with Crippen molar-refractivity contribution in [1.29, 1.82) is 0 Å². The molecule has 1 unspecified atom stereocenters. The van der Waals surface area contributed by atoms with Gasteiger partial charge in [-0.25, -0.2) is 8.42 Å². The van der Waals surface area contributed by atoms with Crippen LogP contribution in [-0.4, -0.2) is 98.7 Å². The van der Waals surface area contributed by atoms with E-state index in [-0.39, 0.29) is 37.6 Å². The van der Waals surface area contributed by atoms with Crippen molar-refractivity contribution in [2.75, 3.05) is 52.2 Å². The third kappa shape index (κ3) is 6.46. The maximum Gasteiger partial charge on any atom is 0.253 e. The highest BCUT2D eigenvalue weighted by molar-refractivity contribution is 7.88. The molecular weight excluding hydrogens is 494 g/mol. The molecule has 0 bridgehead atoms. The van der Waals surface area contributed by atoms with E-state index in [4.69, 9.17) is 9.47 Å². The third-order valence-electron chi connectivity index (χ3n) is 8.06. The van der Waals surface area contributed by atoms with Crippen molar-refractivity contribution >= 4 is 21.8 Å². The second-order valence-electron chi connectivity index (χ2n) is 10.8. The molecule has 10 heteroatoms. The molecule has 0 aliphatic carbocycles. The number of aryl methyl sites for hydroxylation is 1. The molecule has 206 valence electrons. The van der Waals surface area contributed by atoms with Crippen molar-refractivity contribution in [2.45, 2.75) is 64.5 Å². The van der Waals surface area contributed by atoms with Crippen molar-refractivity contribution in [1.82, 2.24) is 14.1 Å². The monoisotopic (exact) mass is 535 g/mol. The Balaban J connectivity index is 1.46. The lowest BCUT2D eigenvalue weighted by Crippen LogP contribution is -2.57. The first-order chi connectivity index (χ1) is 17.6. The molecule has 1 spiro atoms. The Morgan fingerprint density at radius 1 is 1.03 bits per heavy atom. The van der Waals surface area contributed by atoms with E-state index in [1.54, 1.807) is 4.90 Å². The second kappa shape index (κ2) is 11.7. The molecule has 1 atom stereocenters. The van der Waals surface area contributed by atoms with Gasteiger partial charge in [0.2, 0.25) is 15.9 Å². The van der Waals surface area contributed by atoms with E-state index in [1.165, 1.54) is 9.87 Å². The summed E-state index contributed by atoms with van der Waals surface area (Å²) in [6.45, 7) is 6.48. The summed E-state index contributed by atoms with van der Waals surface area (Å²) in [5, 5.41) is 0. The van der Waals surface area contributed by atoms with Gasteiger partial charge in [0.1, 0.15) is 18.5 Å². The molecule has 2 amide bonds. The molecule has 4 rings (SSSR count). The van der Waals surface area contributed by atoms with Gasteiger partial charge in [0.05, 0.1) is 24.8 Å². The number of fused-ring (bicyclic) bond motifs is 1. The summed E-state index contributed by atoms with van der Waals surface area (Å²) < 4.78 is 37.0. The highest BCUT2D eigenvalue weighted by atomic mass is 32.2. The van der Waals surface area contributed by atoms with Crippen LogP contribution in [0.1, 0.15) is 51.5 Å². The Kier molecular flexibility index (Phi) is 8.81. The van der Waals surface area contributed by atoms with Crippen LogP contribution < -0.4 is 4.74 Å². The second-order valence-corrected chi connectivity index (χ2v) is 12.8. The molecule has 3 heterocycles. The largest absolute Gasteiger partial charge is 0.491 e. The average molecular weight is 536 g/mol. The van der Waals surface area contributed by atoms with Crippen molar-refractivity contribution in [3.8, 4) is 5.75 Å². The molecule has 3 aliphatic heterocycles. The highest BCUT2D eigenvalue weighted by Gasteiger charge is 2.45. The van der Waals surface area contributed by atoms with Crippen LogP contribution >= 0.6 is 0 Å². The van der Waals surface area contributed by atoms with Gasteiger partial charge in [-0.2, -0.15) is 4.31 Å². The number of morpholine rings is 1. The lowest BCUT2D eigenvalue weighted by Gasteiger charge is -2.45. The molecule has 2 fully saturated rings. The maximum absolute atomic E-state index is 14.0. The number of benzene rings is 1. The lowest BCUT2D eigenvalue weighted by molar-refractivity contribution is -0.156. The summed E-state index contributed by atoms with van der Waals surface area (Å²) in [6.07, 6.45) is 5.16. The first kappa shape index (κ1) is 27.9. The number of carbonyl (C=O) groups is 2. The smallest absolute Gasteiger partial charge is 0.253 e. The average Bonchev–Trinajstić information content (AvgIpc) is 2.88. The molecule has 9 nitrogen and oxygen atoms in total. The molecule has 0 saturated carbocycles. The topological polar surface area (TPSA) is 96.5 Å². The predicted molar refractivity (Wildman–Crippen MR) is 141 cm³/mol. The van der Waals surface area contributed by atoms with Crippen LogP contribution in [0.5, 0.6) is 5.75 Å². The number of hydrogen-bond donors (Lipinski definition) is 0. The normalized spacial score (nSPS) is 24.2. The van der Waals surface area contributed by atoms with E-state index in [0.29, 0.717) is 39.1 Å². The lowest BCUT2D eigenvalue weighted by atomic mass is 9.72. The summed E-state index contributed by atoms with van der Waals surface area (Å²) >= 11 is 0. The quantitative estimate of drug-likeness (QED) is 0.589. The van der Waals surface area contributed by atoms with E-state index in [0.717, 1.165) is 37.7 Å². The SMILES string of the molecule is CC(C)N1CCOc2ccccc2CCCCC2(CCN(C(=O)C3CN(S(C)(=O)=O)CCO3)CC2)C1=O. The number of para-hydroxylation sites is 1. The molecule has 1 aromatic carbocycles. The van der Waals surface area contributed by atoms with E-state index < -0.39 is 21.5 Å². The fourth-order valence-corrected chi connectivity index (χ4v) is 6.60. The van der Waals surface area contributed by atoms with Crippen molar-refractivity contribution in [3.05, 3.63) is 29.8 Å². The van der Waals surface area contributed by atoms with Crippen LogP contribution in [0.3, 0.4) is 0 Å². The van der Waals surface area contributed by atoms with Crippen LogP contribution in [0.4, 0.5) is 0 Å². The first-order valence-corrected chi connectivity index (χ1v) is 15.3. The Bertz CT molecular complexity index is 1070. The van der Waals surface area contributed by atoms with E-state index in [2.05, 4.69) is 6.07 Å². The summed E-state index contributed by atoms with van der Waals surface area (Å²) in [6, 6.07) is 8.18. The Hall–Kier alpha value is -2.17. The number of ether oxygens (including phenoxy) is 2. The zero-order chi connectivity index (χ0) is 26.6. The zero-order valence-electron chi connectivity index (χ0n) is 22.4. The van der Waals surface area contributed by atoms with Crippen LogP contribution in [-0.2, 0) is 30.8 Å². The molecule has 37 heavy (non-hydrogen) atoms. The minimum Gasteiger partial charge on any atom is -0.491 e. The summed E-state index contributed by atoms with van der Waals surface area (Å²) in [4.78, 5) is 31.0. The van der Waals surface area contributed by atoms with E-state index in [9.17, 15) is 18.0 Å². The number of likely N-dealkylation sites (tertiary alicyclic amines) is 1. The van der Waals surface area contributed by atoms with Crippen LogP contribution in [0.15, 0.2) is 24.3 Å². The molecule has 0 radical (unpaired) electrons. The summed E-state index contributed by atoms with van der Waals surface area (Å²) in [5.41, 5.74) is 0.696. The van der Waals surface area contributed by atoms with Gasteiger partial charge in [-0.15, -0.1) is 0 Å². The molecule has 0 N–H and O–H groups in total. The number of amides is 2. The van der Waals surface area contributed by atoms with Gasteiger partial charge < -0.3 is 19.3 Å². The molecule has 3 aliphatic rings. The van der Waals surface area contributed by atoms with Crippen LogP contribution in [0.2, 0.25) is 0 Å². The Labute approximate surface area is 221 Å². The molecule has 1 aromatic rings. The maximum atomic E-state index is 14.0. The summed E-state index contributed by atoms with van der Waals surface area (Å²) in [5.74, 6) is 0.874. The van der Waals surface area contributed by atoms with Crippen molar-refractivity contribution in [2.24, 2.45) is 5.41 Å². The van der Waals surface area contributed by atoms with Gasteiger partial charge in [-0.05, 0) is 57.6 Å². The third-order valence-corrected chi connectivity index (χ3v) is 9.33. The Morgan fingerprint density at radius 2 is 1.76 bits per heavy atom. The predicted octanol–water partition coefficient (Wildman–Crippen LogP) is 2.30.